The third kappa shape index (κ3) is 8.00. The van der Waals surface area contributed by atoms with Crippen LogP contribution < -0.4 is 21.1 Å². The number of hydrogen-bond donors (Lipinski definition) is 4. The van der Waals surface area contributed by atoms with E-state index in [1.54, 1.807) is 48.5 Å². The maximum absolute atomic E-state index is 13.9. The first-order valence-electron chi connectivity index (χ1n) is 15.7. The maximum atomic E-state index is 13.9. The summed E-state index contributed by atoms with van der Waals surface area (Å²) in [6.07, 6.45) is 0. The van der Waals surface area contributed by atoms with Crippen molar-refractivity contribution < 1.29 is 29.0 Å². The standard InChI is InChI=1S/C36H42N6O6/c1-41(2,23-25-9-13-27(14-10-25)39(45)46)21-19-37-31-17-18-32(34-33(31)35(43)29-7-5-6-8-30(29)36(34)44)38-20-22-42(3,4)24-26-11-15-28(16-12-26)40(47)48/h5-18,37-38,45,47H,19-24H2,1-4H3. The lowest BCUT2D eigenvalue weighted by atomic mass is 9.82. The molecule has 0 saturated heterocycles. The number of ketones is 2. The van der Waals surface area contributed by atoms with Crippen molar-refractivity contribution in [2.24, 2.45) is 0 Å². The van der Waals surface area contributed by atoms with Gasteiger partial charge in [-0.2, -0.15) is 0 Å². The minimum atomic E-state index is -0.199. The second kappa shape index (κ2) is 14.1. The molecule has 12 nitrogen and oxygen atoms in total. The Bertz CT molecular complexity index is 1640. The molecule has 0 spiro atoms. The summed E-state index contributed by atoms with van der Waals surface area (Å²) in [5.41, 5.74) is 5.05. The lowest BCUT2D eigenvalue weighted by Gasteiger charge is -2.31. The van der Waals surface area contributed by atoms with Crippen molar-refractivity contribution >= 4 is 34.3 Å². The molecular weight excluding hydrogens is 612 g/mol. The molecule has 0 atom stereocenters. The fourth-order valence-corrected chi connectivity index (χ4v) is 6.11. The molecule has 0 heterocycles. The molecule has 12 heteroatoms. The van der Waals surface area contributed by atoms with E-state index in [0.29, 0.717) is 81.9 Å². The van der Waals surface area contributed by atoms with Crippen LogP contribution in [0.3, 0.4) is 0 Å². The Labute approximate surface area is 280 Å². The van der Waals surface area contributed by atoms with Crippen molar-refractivity contribution in [3.8, 4) is 0 Å². The Kier molecular flexibility index (Phi) is 10.2. The van der Waals surface area contributed by atoms with Crippen LogP contribution in [0.15, 0.2) is 84.9 Å². The van der Waals surface area contributed by atoms with E-state index in [0.717, 1.165) is 11.1 Å². The van der Waals surface area contributed by atoms with Crippen LogP contribution >= 0.6 is 0 Å². The highest BCUT2D eigenvalue weighted by Gasteiger charge is 2.34. The van der Waals surface area contributed by atoms with Crippen molar-refractivity contribution in [3.05, 3.63) is 129 Å². The predicted molar refractivity (Wildman–Crippen MR) is 186 cm³/mol. The molecule has 5 rings (SSSR count). The van der Waals surface area contributed by atoms with Crippen LogP contribution in [0.1, 0.15) is 43.0 Å². The summed E-state index contributed by atoms with van der Waals surface area (Å²) in [6, 6.07) is 24.2. The van der Waals surface area contributed by atoms with Gasteiger partial charge in [0, 0.05) is 33.6 Å². The first-order chi connectivity index (χ1) is 22.7. The summed E-state index contributed by atoms with van der Waals surface area (Å²) >= 11 is 0. The smallest absolute Gasteiger partial charge is 0.196 e. The normalized spacial score (nSPS) is 12.8. The van der Waals surface area contributed by atoms with Crippen LogP contribution in [0.4, 0.5) is 22.7 Å². The molecule has 0 aliphatic heterocycles. The molecule has 1 aliphatic rings. The lowest BCUT2D eigenvalue weighted by molar-refractivity contribution is -0.902. The van der Waals surface area contributed by atoms with Crippen LogP contribution in [0.25, 0.3) is 0 Å². The molecule has 0 aromatic heterocycles. The van der Waals surface area contributed by atoms with Gasteiger partial charge < -0.3 is 40.5 Å². The van der Waals surface area contributed by atoms with Crippen molar-refractivity contribution in [2.75, 3.05) is 75.5 Å². The largest absolute Gasteiger partial charge is 0.733 e. The molecule has 4 N–H and O–H groups in total. The zero-order chi connectivity index (χ0) is 34.6. The lowest BCUT2D eigenvalue weighted by Crippen LogP contribution is -2.42. The summed E-state index contributed by atoms with van der Waals surface area (Å²) in [5.74, 6) is -0.397. The molecular formula is C36H42N6O6. The number of fused-ring (bicyclic) bond motifs is 2. The Hall–Kier alpha value is -4.82. The Morgan fingerprint density at radius 3 is 1.27 bits per heavy atom. The second-order valence-corrected chi connectivity index (χ2v) is 13.5. The number of carbonyl (C=O) groups excluding carboxylic acids is 2. The third-order valence-electron chi connectivity index (χ3n) is 8.68. The average molecular weight is 655 g/mol. The highest BCUT2D eigenvalue weighted by molar-refractivity contribution is 6.31. The van der Waals surface area contributed by atoms with Gasteiger partial charge >= 0.3 is 0 Å². The molecule has 0 fully saturated rings. The van der Waals surface area contributed by atoms with Crippen LogP contribution in [0.5, 0.6) is 0 Å². The fourth-order valence-electron chi connectivity index (χ4n) is 6.11. The SMILES string of the molecule is C[N+](C)(CCNc1ccc(NCC[N+](C)(C)Cc2ccc(N([O-])O)cc2)c2c1C(=O)c1ccccc1C2=O)Cc1ccc(N([O-])O)cc1. The highest BCUT2D eigenvalue weighted by atomic mass is 16.8. The van der Waals surface area contributed by atoms with E-state index in [-0.39, 0.29) is 33.4 Å². The van der Waals surface area contributed by atoms with E-state index >= 15 is 0 Å². The fraction of sp³-hybridized carbons (Fsp3) is 0.278. The van der Waals surface area contributed by atoms with E-state index < -0.39 is 0 Å². The van der Waals surface area contributed by atoms with Crippen molar-refractivity contribution in [1.29, 1.82) is 0 Å². The number of hydrogen-bond acceptors (Lipinski definition) is 10. The first kappa shape index (κ1) is 34.5. The van der Waals surface area contributed by atoms with E-state index in [4.69, 9.17) is 10.4 Å². The molecule has 0 bridgehead atoms. The molecule has 0 saturated carbocycles. The summed E-state index contributed by atoms with van der Waals surface area (Å²) in [4.78, 5) is 27.8. The Morgan fingerprint density at radius 1 is 0.583 bits per heavy atom. The van der Waals surface area contributed by atoms with E-state index in [1.807, 2.05) is 36.4 Å². The molecule has 4 aromatic carbocycles. The van der Waals surface area contributed by atoms with Gasteiger partial charge in [-0.05, 0) is 36.4 Å². The number of likely N-dealkylation sites (N-methyl/N-ethyl adjacent to an activating group) is 2. The maximum Gasteiger partial charge on any atom is 0.196 e. The number of nitrogens with one attached hydrogen (secondary N) is 2. The minimum absolute atomic E-state index is 0.161. The van der Waals surface area contributed by atoms with Gasteiger partial charge in [-0.3, -0.25) is 20.0 Å². The van der Waals surface area contributed by atoms with Gasteiger partial charge in [0.15, 0.2) is 11.6 Å². The number of quaternary nitrogens is 2. The van der Waals surface area contributed by atoms with Gasteiger partial charge in [0.05, 0.1) is 76.9 Å². The van der Waals surface area contributed by atoms with Crippen LogP contribution in [0, 0.1) is 10.4 Å². The number of anilines is 4. The Morgan fingerprint density at radius 2 is 0.938 bits per heavy atom. The third-order valence-corrected chi connectivity index (χ3v) is 8.68. The summed E-state index contributed by atoms with van der Waals surface area (Å²) < 4.78 is 1.22. The first-order valence-corrected chi connectivity index (χ1v) is 15.7. The van der Waals surface area contributed by atoms with Crippen molar-refractivity contribution in [2.45, 2.75) is 13.1 Å². The summed E-state index contributed by atoms with van der Waals surface area (Å²) in [6.45, 7) is 3.84. The summed E-state index contributed by atoms with van der Waals surface area (Å²) in [5, 5.41) is 47.0. The number of rotatable bonds is 14. The second-order valence-electron chi connectivity index (χ2n) is 13.5. The predicted octanol–water partition coefficient (Wildman–Crippen LogP) is 5.23. The molecule has 1 aliphatic carbocycles. The van der Waals surface area contributed by atoms with Gasteiger partial charge in [0.1, 0.15) is 13.1 Å². The molecule has 48 heavy (non-hydrogen) atoms. The van der Waals surface area contributed by atoms with Gasteiger partial charge in [-0.15, -0.1) is 0 Å². The van der Waals surface area contributed by atoms with Crippen LogP contribution in [-0.4, -0.2) is 85.3 Å². The van der Waals surface area contributed by atoms with Gasteiger partial charge in [-0.1, -0.05) is 48.5 Å². The monoisotopic (exact) mass is 654 g/mol. The van der Waals surface area contributed by atoms with Gasteiger partial charge in [0.2, 0.25) is 0 Å². The number of carbonyl (C=O) groups is 2. The van der Waals surface area contributed by atoms with Gasteiger partial charge in [-0.25, -0.2) is 0 Å². The number of nitrogens with zero attached hydrogens (tertiary/aromatic N) is 4. The highest BCUT2D eigenvalue weighted by Crippen LogP contribution is 2.36. The van der Waals surface area contributed by atoms with E-state index in [2.05, 4.69) is 38.8 Å². The molecule has 0 amide bonds. The van der Waals surface area contributed by atoms with E-state index in [9.17, 15) is 20.0 Å². The zero-order valence-corrected chi connectivity index (χ0v) is 27.6. The molecule has 4 aromatic rings. The van der Waals surface area contributed by atoms with Crippen molar-refractivity contribution in [3.63, 3.8) is 0 Å². The average Bonchev–Trinajstić information content (AvgIpc) is 3.04. The molecule has 0 unspecified atom stereocenters. The number of benzene rings is 4. The Balaban J connectivity index is 1.30. The summed E-state index contributed by atoms with van der Waals surface area (Å²) in [7, 11) is 8.33. The molecule has 0 radical (unpaired) electrons. The molecule has 252 valence electrons. The van der Waals surface area contributed by atoms with Crippen LogP contribution in [0.2, 0.25) is 0 Å². The quantitative estimate of drug-likeness (QED) is 0.0926. The topological polar surface area (TPSA) is 151 Å². The zero-order valence-electron chi connectivity index (χ0n) is 27.6. The minimum Gasteiger partial charge on any atom is -0.733 e. The van der Waals surface area contributed by atoms with E-state index in [1.165, 1.54) is 0 Å². The van der Waals surface area contributed by atoms with Gasteiger partial charge in [0.25, 0.3) is 0 Å². The van der Waals surface area contributed by atoms with Crippen molar-refractivity contribution in [1.82, 2.24) is 0 Å². The van der Waals surface area contributed by atoms with Crippen LogP contribution in [-0.2, 0) is 13.1 Å².